The van der Waals surface area contributed by atoms with Gasteiger partial charge in [0.1, 0.15) is 11.3 Å². The van der Waals surface area contributed by atoms with Crippen LogP contribution in [0, 0.1) is 10.1 Å². The van der Waals surface area contributed by atoms with Crippen LogP contribution < -0.4 is 10.1 Å². The summed E-state index contributed by atoms with van der Waals surface area (Å²) in [4.78, 5) is 21.3. The number of hydrogen-bond donors (Lipinski definition) is 1. The molecule has 0 spiro atoms. The van der Waals surface area contributed by atoms with E-state index >= 15 is 0 Å². The van der Waals surface area contributed by atoms with E-state index < -0.39 is 10.8 Å². The van der Waals surface area contributed by atoms with Crippen LogP contribution in [0.1, 0.15) is 10.4 Å². The molecule has 0 aliphatic carbocycles. The van der Waals surface area contributed by atoms with Crippen LogP contribution in [0.5, 0.6) is 5.75 Å². The molecule has 6 heteroatoms. The highest BCUT2D eigenvalue weighted by molar-refractivity contribution is 5.98. The number of nitrogens with one attached hydrogen (secondary N) is 1. The van der Waals surface area contributed by atoms with Gasteiger partial charge in [0.2, 0.25) is 0 Å². The molecule has 1 rings (SSSR count). The van der Waals surface area contributed by atoms with Crippen molar-refractivity contribution < 1.29 is 14.5 Å². The van der Waals surface area contributed by atoms with Crippen molar-refractivity contribution >= 4 is 11.6 Å². The van der Waals surface area contributed by atoms with Gasteiger partial charge in [-0.3, -0.25) is 14.9 Å². The van der Waals surface area contributed by atoms with E-state index in [1.165, 1.54) is 32.4 Å². The molecule has 0 aromatic heterocycles. The SMILES string of the molecule is CNC(=O)c1ccc(OC)cc1[N+](=O)[O-]. The Kier molecular flexibility index (Phi) is 3.22. The Morgan fingerprint density at radius 3 is 2.67 bits per heavy atom. The Bertz CT molecular complexity index is 403. The summed E-state index contributed by atoms with van der Waals surface area (Å²) < 4.78 is 4.84. The van der Waals surface area contributed by atoms with Gasteiger partial charge in [-0.25, -0.2) is 0 Å². The predicted molar refractivity (Wildman–Crippen MR) is 53.0 cm³/mol. The number of carbonyl (C=O) groups is 1. The lowest BCUT2D eigenvalue weighted by molar-refractivity contribution is -0.385. The summed E-state index contributed by atoms with van der Waals surface area (Å²) >= 11 is 0. The van der Waals surface area contributed by atoms with Gasteiger partial charge in [0, 0.05) is 7.05 Å². The first-order valence-electron chi connectivity index (χ1n) is 4.14. The fourth-order valence-electron chi connectivity index (χ4n) is 1.12. The zero-order valence-electron chi connectivity index (χ0n) is 8.31. The summed E-state index contributed by atoms with van der Waals surface area (Å²) in [5.74, 6) is -0.154. The van der Waals surface area contributed by atoms with Crippen molar-refractivity contribution in [2.24, 2.45) is 0 Å². The molecule has 1 aromatic carbocycles. The second-order valence-electron chi connectivity index (χ2n) is 2.72. The molecule has 0 unspecified atom stereocenters. The standard InChI is InChI=1S/C9H10N2O4/c1-10-9(12)7-4-3-6(15-2)5-8(7)11(13)14/h3-5H,1-2H3,(H,10,12). The molecule has 80 valence electrons. The van der Waals surface area contributed by atoms with Gasteiger partial charge in [0.25, 0.3) is 11.6 Å². The van der Waals surface area contributed by atoms with E-state index in [2.05, 4.69) is 5.32 Å². The second-order valence-corrected chi connectivity index (χ2v) is 2.72. The number of ether oxygens (including phenoxy) is 1. The molecule has 0 aliphatic rings. The van der Waals surface area contributed by atoms with Gasteiger partial charge in [-0.1, -0.05) is 0 Å². The van der Waals surface area contributed by atoms with Gasteiger partial charge in [-0.05, 0) is 12.1 Å². The molecule has 0 heterocycles. The molecular weight excluding hydrogens is 200 g/mol. The number of benzene rings is 1. The van der Waals surface area contributed by atoms with E-state index in [0.29, 0.717) is 5.75 Å². The molecule has 0 saturated carbocycles. The summed E-state index contributed by atoms with van der Waals surface area (Å²) in [7, 11) is 2.81. The van der Waals surface area contributed by atoms with Crippen molar-refractivity contribution in [2.45, 2.75) is 0 Å². The number of nitrogens with zero attached hydrogens (tertiary/aromatic N) is 1. The molecule has 1 N–H and O–H groups in total. The normalized spacial score (nSPS) is 9.47. The third-order valence-electron chi connectivity index (χ3n) is 1.87. The summed E-state index contributed by atoms with van der Waals surface area (Å²) in [5.41, 5.74) is -0.253. The van der Waals surface area contributed by atoms with Gasteiger partial charge >= 0.3 is 0 Å². The molecule has 0 aliphatic heterocycles. The maximum Gasteiger partial charge on any atom is 0.285 e. The number of nitro benzene ring substituents is 1. The Hall–Kier alpha value is -2.11. The third-order valence-corrected chi connectivity index (χ3v) is 1.87. The first-order chi connectivity index (χ1) is 7.10. The van der Waals surface area contributed by atoms with Crippen LogP contribution in [0.4, 0.5) is 5.69 Å². The summed E-state index contributed by atoms with van der Waals surface area (Å²) in [6, 6.07) is 4.07. The Morgan fingerprint density at radius 1 is 1.53 bits per heavy atom. The second kappa shape index (κ2) is 4.41. The summed E-state index contributed by atoms with van der Waals surface area (Å²) in [6.07, 6.45) is 0. The van der Waals surface area contributed by atoms with Crippen molar-refractivity contribution in [1.82, 2.24) is 5.32 Å². The molecule has 0 radical (unpaired) electrons. The minimum atomic E-state index is -0.618. The van der Waals surface area contributed by atoms with Crippen LogP contribution in [0.2, 0.25) is 0 Å². The minimum absolute atomic E-state index is 0.0169. The molecule has 1 amide bonds. The summed E-state index contributed by atoms with van der Waals surface area (Å²) in [6.45, 7) is 0. The first-order valence-corrected chi connectivity index (χ1v) is 4.14. The van der Waals surface area contributed by atoms with Gasteiger partial charge in [-0.2, -0.15) is 0 Å². The topological polar surface area (TPSA) is 81.5 Å². The van der Waals surface area contributed by atoms with Gasteiger partial charge in [0.15, 0.2) is 0 Å². The lowest BCUT2D eigenvalue weighted by atomic mass is 10.1. The quantitative estimate of drug-likeness (QED) is 0.595. The zero-order chi connectivity index (χ0) is 11.4. The van der Waals surface area contributed by atoms with Crippen LogP contribution in [-0.2, 0) is 0 Å². The van der Waals surface area contributed by atoms with Gasteiger partial charge in [0.05, 0.1) is 18.1 Å². The zero-order valence-corrected chi connectivity index (χ0v) is 8.31. The number of hydrogen-bond acceptors (Lipinski definition) is 4. The smallest absolute Gasteiger partial charge is 0.285 e. The highest BCUT2D eigenvalue weighted by Crippen LogP contribution is 2.24. The third kappa shape index (κ3) is 2.22. The fraction of sp³-hybridized carbons (Fsp3) is 0.222. The predicted octanol–water partition coefficient (Wildman–Crippen LogP) is 0.963. The number of methoxy groups -OCH3 is 1. The van der Waals surface area contributed by atoms with E-state index in [9.17, 15) is 14.9 Å². The Balaban J connectivity index is 3.27. The Morgan fingerprint density at radius 2 is 2.20 bits per heavy atom. The molecule has 15 heavy (non-hydrogen) atoms. The van der Waals surface area contributed by atoms with Crippen LogP contribution in [-0.4, -0.2) is 25.0 Å². The lowest BCUT2D eigenvalue weighted by Crippen LogP contribution is -2.19. The molecule has 0 saturated heterocycles. The van der Waals surface area contributed by atoms with Crippen molar-refractivity contribution in [1.29, 1.82) is 0 Å². The van der Waals surface area contributed by atoms with Crippen molar-refractivity contribution in [3.8, 4) is 5.75 Å². The van der Waals surface area contributed by atoms with Crippen LogP contribution in [0.25, 0.3) is 0 Å². The minimum Gasteiger partial charge on any atom is -0.497 e. The molecule has 6 nitrogen and oxygen atoms in total. The largest absolute Gasteiger partial charge is 0.497 e. The maximum atomic E-state index is 11.3. The molecule has 0 atom stereocenters. The number of carbonyl (C=O) groups excluding carboxylic acids is 1. The average molecular weight is 210 g/mol. The molecule has 0 bridgehead atoms. The number of amides is 1. The van der Waals surface area contributed by atoms with Crippen molar-refractivity contribution in [2.75, 3.05) is 14.2 Å². The first kappa shape index (κ1) is 11.0. The molecule has 0 fully saturated rings. The maximum absolute atomic E-state index is 11.3. The fourth-order valence-corrected chi connectivity index (χ4v) is 1.12. The highest BCUT2D eigenvalue weighted by atomic mass is 16.6. The Labute approximate surface area is 86.0 Å². The van der Waals surface area contributed by atoms with Crippen LogP contribution in [0.3, 0.4) is 0 Å². The highest BCUT2D eigenvalue weighted by Gasteiger charge is 2.19. The molecular formula is C9H10N2O4. The number of nitro groups is 1. The van der Waals surface area contributed by atoms with Crippen molar-refractivity contribution in [3.63, 3.8) is 0 Å². The van der Waals surface area contributed by atoms with Gasteiger partial charge < -0.3 is 10.1 Å². The van der Waals surface area contributed by atoms with Crippen molar-refractivity contribution in [3.05, 3.63) is 33.9 Å². The van der Waals surface area contributed by atoms with E-state index in [0.717, 1.165) is 0 Å². The van der Waals surface area contributed by atoms with Crippen LogP contribution >= 0.6 is 0 Å². The molecule has 1 aromatic rings. The average Bonchev–Trinajstić information content (AvgIpc) is 2.27. The summed E-state index contributed by atoms with van der Waals surface area (Å²) in [5, 5.41) is 13.0. The monoisotopic (exact) mass is 210 g/mol. The van der Waals surface area contributed by atoms with E-state index in [4.69, 9.17) is 4.74 Å². The van der Waals surface area contributed by atoms with E-state index in [1.807, 2.05) is 0 Å². The van der Waals surface area contributed by atoms with E-state index in [-0.39, 0.29) is 11.3 Å². The van der Waals surface area contributed by atoms with E-state index in [1.54, 1.807) is 0 Å². The number of rotatable bonds is 3. The lowest BCUT2D eigenvalue weighted by Gasteiger charge is -2.03. The van der Waals surface area contributed by atoms with Crippen LogP contribution in [0.15, 0.2) is 18.2 Å². The van der Waals surface area contributed by atoms with Gasteiger partial charge in [-0.15, -0.1) is 0 Å².